The van der Waals surface area contributed by atoms with Crippen molar-refractivity contribution in [2.75, 3.05) is 52.1 Å². The zero-order chi connectivity index (χ0) is 29.9. The summed E-state index contributed by atoms with van der Waals surface area (Å²) in [4.78, 5) is 20.1. The fourth-order valence-corrected chi connectivity index (χ4v) is 6.08. The summed E-state index contributed by atoms with van der Waals surface area (Å²) >= 11 is 1.12. The Bertz CT molecular complexity index is 1190. The number of piperazine rings is 1. The smallest absolute Gasteiger partial charge is 0.373 e. The molecular weight excluding hydrogens is 639 g/mol. The minimum atomic E-state index is -4.60. The monoisotopic (exact) mass is 675 g/mol. The molecule has 242 valence electrons. The Kier molecular flexibility index (Phi) is 13.5. The molecule has 1 amide bonds. The van der Waals surface area contributed by atoms with E-state index >= 15 is 0 Å². The molecule has 0 radical (unpaired) electrons. The van der Waals surface area contributed by atoms with Gasteiger partial charge in [0.15, 0.2) is 0 Å². The Balaban J connectivity index is 0.00000323. The number of ether oxygens (including phenoxy) is 1. The van der Waals surface area contributed by atoms with E-state index in [1.165, 1.54) is 18.2 Å². The summed E-state index contributed by atoms with van der Waals surface area (Å²) in [6, 6.07) is 7.76. The van der Waals surface area contributed by atoms with Gasteiger partial charge in [-0.2, -0.15) is 26.3 Å². The number of benzene rings is 2. The minimum absolute atomic E-state index is 0. The van der Waals surface area contributed by atoms with Gasteiger partial charge in [0.1, 0.15) is 0 Å². The number of carbonyl (C=O) groups is 1. The largest absolute Gasteiger partial charge is 0.416 e. The van der Waals surface area contributed by atoms with Crippen LogP contribution in [0.25, 0.3) is 0 Å². The van der Waals surface area contributed by atoms with Gasteiger partial charge in [-0.1, -0.05) is 12.1 Å². The van der Waals surface area contributed by atoms with Gasteiger partial charge >= 0.3 is 12.4 Å². The molecule has 0 N–H and O–H groups in total. The van der Waals surface area contributed by atoms with E-state index in [1.54, 1.807) is 11.2 Å². The van der Waals surface area contributed by atoms with E-state index in [9.17, 15) is 31.1 Å². The number of halogens is 8. The van der Waals surface area contributed by atoms with Crippen LogP contribution in [0.4, 0.5) is 26.3 Å². The maximum absolute atomic E-state index is 13.7. The molecule has 0 spiro atoms. The Morgan fingerprint density at radius 2 is 1.42 bits per heavy atom. The van der Waals surface area contributed by atoms with E-state index in [0.717, 1.165) is 62.2 Å². The van der Waals surface area contributed by atoms with Crippen LogP contribution in [0.2, 0.25) is 0 Å². The van der Waals surface area contributed by atoms with Crippen LogP contribution in [0.1, 0.15) is 40.9 Å². The molecule has 2 aliphatic rings. The Morgan fingerprint density at radius 3 is 1.98 bits per heavy atom. The van der Waals surface area contributed by atoms with Crippen molar-refractivity contribution in [1.29, 1.82) is 0 Å². The van der Waals surface area contributed by atoms with Crippen molar-refractivity contribution in [2.45, 2.75) is 55.8 Å². The number of amides is 1. The highest BCUT2D eigenvalue weighted by Crippen LogP contribution is 2.34. The molecule has 2 aromatic carbocycles. The highest BCUT2D eigenvalue weighted by atomic mass is 35.5. The van der Waals surface area contributed by atoms with Crippen LogP contribution in [0, 0.1) is 0 Å². The normalized spacial score (nSPS) is 22.1. The van der Waals surface area contributed by atoms with Gasteiger partial charge < -0.3 is 9.64 Å². The Hall–Kier alpha value is -1.70. The lowest BCUT2D eigenvalue weighted by atomic mass is 9.99. The van der Waals surface area contributed by atoms with Crippen molar-refractivity contribution in [3.8, 4) is 0 Å². The number of nitrogens with zero attached hydrogens (tertiary/aromatic N) is 3. The number of carbonyl (C=O) groups excluding carboxylic acids is 1. The number of thioether (sulfide) groups is 1. The van der Waals surface area contributed by atoms with Crippen molar-refractivity contribution < 1.29 is 35.9 Å². The molecule has 0 aliphatic carbocycles. The van der Waals surface area contributed by atoms with Crippen LogP contribution < -0.4 is 0 Å². The third kappa shape index (κ3) is 10.2. The average Bonchev–Trinajstić information content (AvgIpc) is 2.90. The highest BCUT2D eigenvalue weighted by Gasteiger charge is 2.36. The first kappa shape index (κ1) is 37.5. The topological polar surface area (TPSA) is 36.0 Å². The summed E-state index contributed by atoms with van der Waals surface area (Å²) in [7, 11) is 0. The first-order valence-corrected chi connectivity index (χ1v) is 14.8. The second kappa shape index (κ2) is 15.5. The number of alkyl halides is 6. The van der Waals surface area contributed by atoms with Crippen LogP contribution in [0.15, 0.2) is 47.4 Å². The third-order valence-corrected chi connectivity index (χ3v) is 8.23. The number of hydrogen-bond donors (Lipinski definition) is 0. The Morgan fingerprint density at radius 1 is 0.837 bits per heavy atom. The molecule has 2 heterocycles. The van der Waals surface area contributed by atoms with Crippen molar-refractivity contribution >= 4 is 42.5 Å². The summed E-state index contributed by atoms with van der Waals surface area (Å²) in [5.74, 6) is -0.515. The number of hydrogen-bond acceptors (Lipinski definition) is 5. The molecule has 4 rings (SSSR count). The van der Waals surface area contributed by atoms with Crippen molar-refractivity contribution in [3.63, 3.8) is 0 Å². The van der Waals surface area contributed by atoms with E-state index < -0.39 is 35.4 Å². The molecule has 0 unspecified atom stereocenters. The van der Waals surface area contributed by atoms with Gasteiger partial charge in [0.05, 0.1) is 23.3 Å². The lowest BCUT2D eigenvalue weighted by Crippen LogP contribution is -2.57. The summed E-state index contributed by atoms with van der Waals surface area (Å²) in [6.45, 7) is 8.50. The first-order chi connectivity index (χ1) is 19.2. The molecule has 3 atom stereocenters. The molecular formula is C29H37Cl2F6N3O2S. The van der Waals surface area contributed by atoms with E-state index in [0.29, 0.717) is 30.1 Å². The van der Waals surface area contributed by atoms with Crippen molar-refractivity contribution in [2.24, 2.45) is 0 Å². The fraction of sp³-hybridized carbons (Fsp3) is 0.552. The van der Waals surface area contributed by atoms with Gasteiger partial charge in [-0.25, -0.2) is 0 Å². The zero-order valence-electron chi connectivity index (χ0n) is 24.1. The van der Waals surface area contributed by atoms with Crippen LogP contribution in [0.5, 0.6) is 0 Å². The third-order valence-electron chi connectivity index (χ3n) is 7.52. The number of morpholine rings is 1. The van der Waals surface area contributed by atoms with E-state index in [1.807, 2.05) is 13.8 Å². The van der Waals surface area contributed by atoms with E-state index in [2.05, 4.69) is 9.80 Å². The second-order valence-corrected chi connectivity index (χ2v) is 11.7. The molecule has 0 aromatic heterocycles. The SMILES string of the molecule is CSc1cc(C(=O)N2CCN(CCN3C[C@@H](C)O[C@@H](C)C3)C[C@H]2Cc2ccc(C(F)(F)F)cc2)cc(C(F)(F)F)c1.Cl.Cl. The highest BCUT2D eigenvalue weighted by molar-refractivity contribution is 7.98. The van der Waals surface area contributed by atoms with Crippen LogP contribution in [-0.2, 0) is 23.5 Å². The van der Waals surface area contributed by atoms with Gasteiger partial charge in [-0.05, 0) is 62.4 Å². The van der Waals surface area contributed by atoms with Crippen molar-refractivity contribution in [3.05, 3.63) is 64.7 Å². The number of rotatable bonds is 7. The van der Waals surface area contributed by atoms with Gasteiger partial charge in [-0.3, -0.25) is 14.6 Å². The van der Waals surface area contributed by atoms with E-state index in [-0.39, 0.29) is 49.0 Å². The van der Waals surface area contributed by atoms with Gasteiger partial charge in [-0.15, -0.1) is 36.6 Å². The quantitative estimate of drug-likeness (QED) is 0.239. The zero-order valence-corrected chi connectivity index (χ0v) is 26.5. The summed E-state index contributed by atoms with van der Waals surface area (Å²) in [6.07, 6.45) is -6.90. The molecule has 2 saturated heterocycles. The van der Waals surface area contributed by atoms with E-state index in [4.69, 9.17) is 4.74 Å². The lowest BCUT2D eigenvalue weighted by molar-refractivity contribution is -0.138. The first-order valence-electron chi connectivity index (χ1n) is 13.6. The molecule has 5 nitrogen and oxygen atoms in total. The molecule has 2 aliphatic heterocycles. The molecule has 43 heavy (non-hydrogen) atoms. The molecule has 0 saturated carbocycles. The predicted molar refractivity (Wildman–Crippen MR) is 161 cm³/mol. The average molecular weight is 677 g/mol. The molecule has 0 bridgehead atoms. The van der Waals surface area contributed by atoms with Gasteiger partial charge in [0.2, 0.25) is 0 Å². The summed E-state index contributed by atoms with van der Waals surface area (Å²) < 4.78 is 85.8. The van der Waals surface area contributed by atoms with Gasteiger partial charge in [0.25, 0.3) is 5.91 Å². The van der Waals surface area contributed by atoms with Crippen LogP contribution in [-0.4, -0.2) is 90.9 Å². The molecule has 2 aromatic rings. The second-order valence-electron chi connectivity index (χ2n) is 10.8. The minimum Gasteiger partial charge on any atom is -0.373 e. The maximum atomic E-state index is 13.7. The lowest BCUT2D eigenvalue weighted by Gasteiger charge is -2.43. The molecule has 14 heteroatoms. The maximum Gasteiger partial charge on any atom is 0.416 e. The Labute approximate surface area is 265 Å². The van der Waals surface area contributed by atoms with Crippen LogP contribution in [0.3, 0.4) is 0 Å². The van der Waals surface area contributed by atoms with Crippen molar-refractivity contribution in [1.82, 2.24) is 14.7 Å². The molecule has 2 fully saturated rings. The fourth-order valence-electron chi connectivity index (χ4n) is 5.59. The van der Waals surface area contributed by atoms with Gasteiger partial charge in [0, 0.05) is 62.3 Å². The standard InChI is InChI=1S/C29H35F6N3O2S.2ClH/c1-19-16-37(17-20(2)40-19)9-8-36-10-11-38(25(18-36)12-21-4-6-23(7-5-21)28(30,31)32)27(39)22-13-24(29(33,34)35)15-26(14-22)41-3;;/h4-7,13-15,19-20,25H,8-12,16-18H2,1-3H3;2*1H/t19-,20+,25-;;/m1../s1. The predicted octanol–water partition coefficient (Wildman–Crippen LogP) is 6.77. The summed E-state index contributed by atoms with van der Waals surface area (Å²) in [5, 5.41) is 0. The van der Waals surface area contributed by atoms with Crippen LogP contribution >= 0.6 is 36.6 Å². The summed E-state index contributed by atoms with van der Waals surface area (Å²) in [5.41, 5.74) is -1.08.